The molecule has 1 aromatic heterocycles. The molecule has 2 unspecified atom stereocenters. The zero-order valence-electron chi connectivity index (χ0n) is 19.6. The minimum Gasteiger partial charge on any atom is -0.448 e. The summed E-state index contributed by atoms with van der Waals surface area (Å²) in [5.74, 6) is 1.04. The first kappa shape index (κ1) is 21.0. The van der Waals surface area contributed by atoms with Gasteiger partial charge in [0.2, 0.25) is 0 Å². The largest absolute Gasteiger partial charge is 0.448 e. The molecule has 0 radical (unpaired) electrons. The monoisotopic (exact) mass is 451 g/mol. The van der Waals surface area contributed by atoms with Gasteiger partial charge in [0, 0.05) is 32.3 Å². The normalized spacial score (nSPS) is 20.5. The number of carbonyl (C=O) groups is 1. The maximum absolute atomic E-state index is 13.3. The Morgan fingerprint density at radius 2 is 1.71 bits per heavy atom. The number of rotatable bonds is 4. The van der Waals surface area contributed by atoms with E-state index in [1.807, 2.05) is 30.1 Å². The van der Waals surface area contributed by atoms with Gasteiger partial charge >= 0.3 is 6.09 Å². The molecule has 2 bridgehead atoms. The van der Waals surface area contributed by atoms with Crippen LogP contribution >= 0.6 is 0 Å². The average molecular weight is 452 g/mol. The Morgan fingerprint density at radius 1 is 1.00 bits per heavy atom. The molecule has 1 amide bonds. The summed E-state index contributed by atoms with van der Waals surface area (Å²) in [7, 11) is 3.99. The van der Waals surface area contributed by atoms with Crippen molar-refractivity contribution in [2.45, 2.75) is 37.3 Å². The van der Waals surface area contributed by atoms with Crippen molar-refractivity contribution in [3.05, 3.63) is 89.6 Å². The zero-order valence-corrected chi connectivity index (χ0v) is 19.6. The highest BCUT2D eigenvalue weighted by molar-refractivity contribution is 5.79. The molecule has 2 atom stereocenters. The van der Waals surface area contributed by atoms with Crippen LogP contribution in [0.4, 0.5) is 10.6 Å². The van der Waals surface area contributed by atoms with Crippen LogP contribution in [0.15, 0.2) is 72.9 Å². The molecule has 3 aromatic rings. The summed E-state index contributed by atoms with van der Waals surface area (Å²) >= 11 is 0. The number of nitrogens with zero attached hydrogens (tertiary/aromatic N) is 3. The molecule has 5 heteroatoms. The van der Waals surface area contributed by atoms with Gasteiger partial charge in [-0.25, -0.2) is 9.78 Å². The second-order valence-corrected chi connectivity index (χ2v) is 9.71. The lowest BCUT2D eigenvalue weighted by molar-refractivity contribution is 0.0866. The second kappa shape index (κ2) is 8.32. The van der Waals surface area contributed by atoms with Crippen LogP contribution in [0.5, 0.6) is 0 Å². The number of ether oxygens (including phenoxy) is 1. The fourth-order valence-corrected chi connectivity index (χ4v) is 5.84. The zero-order chi connectivity index (χ0) is 23.2. The third kappa shape index (κ3) is 3.47. The standard InChI is InChI=1S/C29H29N3O2/c1-31(2)28-14-11-19(17-30-28)20-15-21-12-13-22(16-20)32(21)29(33)34-18-27-25-9-5-3-7-23(25)24-8-4-6-10-26(24)27/h3-11,14-15,17,21-22,27H,12-13,16,18H2,1-2H3. The predicted octanol–water partition coefficient (Wildman–Crippen LogP) is 5.72. The van der Waals surface area contributed by atoms with Crippen molar-refractivity contribution in [1.29, 1.82) is 0 Å². The minimum atomic E-state index is -0.189. The van der Waals surface area contributed by atoms with E-state index in [1.165, 1.54) is 27.8 Å². The van der Waals surface area contributed by atoms with E-state index in [4.69, 9.17) is 4.74 Å². The summed E-state index contributed by atoms with van der Waals surface area (Å²) in [5.41, 5.74) is 7.42. The van der Waals surface area contributed by atoms with Crippen molar-refractivity contribution < 1.29 is 9.53 Å². The maximum atomic E-state index is 13.3. The molecule has 2 aliphatic heterocycles. The van der Waals surface area contributed by atoms with E-state index in [2.05, 4.69) is 71.7 Å². The number of aromatic nitrogens is 1. The van der Waals surface area contributed by atoms with Gasteiger partial charge in [0.25, 0.3) is 0 Å². The summed E-state index contributed by atoms with van der Waals surface area (Å²) in [5, 5.41) is 0. The van der Waals surface area contributed by atoms with E-state index < -0.39 is 0 Å². The van der Waals surface area contributed by atoms with Gasteiger partial charge in [-0.3, -0.25) is 4.90 Å². The van der Waals surface area contributed by atoms with Crippen LogP contribution < -0.4 is 4.90 Å². The number of benzene rings is 2. The number of hydrogen-bond acceptors (Lipinski definition) is 4. The molecule has 3 heterocycles. The fraction of sp³-hybridized carbons (Fsp3) is 0.310. The number of anilines is 1. The van der Waals surface area contributed by atoms with Gasteiger partial charge in [-0.2, -0.15) is 0 Å². The summed E-state index contributed by atoms with van der Waals surface area (Å²) in [6.07, 6.45) is 6.86. The van der Waals surface area contributed by atoms with Gasteiger partial charge in [-0.05, 0) is 64.8 Å². The highest BCUT2D eigenvalue weighted by Gasteiger charge is 2.41. The van der Waals surface area contributed by atoms with Crippen LogP contribution in [-0.2, 0) is 4.74 Å². The van der Waals surface area contributed by atoms with Crippen molar-refractivity contribution in [2.24, 2.45) is 0 Å². The van der Waals surface area contributed by atoms with Gasteiger partial charge in [-0.1, -0.05) is 54.6 Å². The quantitative estimate of drug-likeness (QED) is 0.509. The van der Waals surface area contributed by atoms with E-state index >= 15 is 0 Å². The Balaban J connectivity index is 1.18. The van der Waals surface area contributed by atoms with Crippen LogP contribution in [0.25, 0.3) is 16.7 Å². The van der Waals surface area contributed by atoms with Crippen LogP contribution in [0.3, 0.4) is 0 Å². The lowest BCUT2D eigenvalue weighted by atomic mass is 9.96. The summed E-state index contributed by atoms with van der Waals surface area (Å²) in [6, 6.07) is 21.4. The van der Waals surface area contributed by atoms with E-state index in [-0.39, 0.29) is 24.1 Å². The molecular weight excluding hydrogens is 422 g/mol. The minimum absolute atomic E-state index is 0.0891. The van der Waals surface area contributed by atoms with Gasteiger partial charge < -0.3 is 9.64 Å². The van der Waals surface area contributed by atoms with Crippen molar-refractivity contribution in [3.8, 4) is 11.1 Å². The van der Waals surface area contributed by atoms with Crippen molar-refractivity contribution in [2.75, 3.05) is 25.6 Å². The molecule has 0 N–H and O–H groups in total. The van der Waals surface area contributed by atoms with Crippen molar-refractivity contribution in [1.82, 2.24) is 9.88 Å². The molecule has 1 saturated heterocycles. The highest BCUT2D eigenvalue weighted by Crippen LogP contribution is 2.45. The molecule has 1 aliphatic carbocycles. The Morgan fingerprint density at radius 3 is 2.32 bits per heavy atom. The van der Waals surface area contributed by atoms with Gasteiger partial charge in [0.05, 0.1) is 6.04 Å². The molecule has 3 aliphatic rings. The fourth-order valence-electron chi connectivity index (χ4n) is 5.84. The van der Waals surface area contributed by atoms with Gasteiger partial charge in [0.15, 0.2) is 0 Å². The smallest absolute Gasteiger partial charge is 0.410 e. The SMILES string of the molecule is CN(C)c1ccc(C2=CC3CCC(C2)N3C(=O)OCC2c3ccccc3-c3ccccc32)cn1. The number of fused-ring (bicyclic) bond motifs is 5. The number of amides is 1. The summed E-state index contributed by atoms with van der Waals surface area (Å²) in [6.45, 7) is 0.370. The van der Waals surface area contributed by atoms with E-state index in [1.54, 1.807) is 0 Å². The Bertz CT molecular complexity index is 1220. The first-order valence-corrected chi connectivity index (χ1v) is 12.1. The van der Waals surface area contributed by atoms with Gasteiger partial charge in [0.1, 0.15) is 12.4 Å². The lowest BCUT2D eigenvalue weighted by Crippen LogP contribution is -2.43. The molecular formula is C29H29N3O2. The lowest BCUT2D eigenvalue weighted by Gasteiger charge is -2.33. The topological polar surface area (TPSA) is 45.7 Å². The molecule has 0 saturated carbocycles. The van der Waals surface area contributed by atoms with Crippen LogP contribution in [0, 0.1) is 0 Å². The average Bonchev–Trinajstić information content (AvgIpc) is 3.33. The highest BCUT2D eigenvalue weighted by atomic mass is 16.6. The second-order valence-electron chi connectivity index (χ2n) is 9.71. The molecule has 1 fully saturated rings. The number of hydrogen-bond donors (Lipinski definition) is 0. The van der Waals surface area contributed by atoms with E-state index in [0.29, 0.717) is 6.61 Å². The summed E-state index contributed by atoms with van der Waals surface area (Å²) < 4.78 is 5.98. The third-order valence-electron chi connectivity index (χ3n) is 7.52. The molecule has 5 nitrogen and oxygen atoms in total. The molecule has 2 aromatic carbocycles. The number of pyridine rings is 1. The van der Waals surface area contributed by atoms with Gasteiger partial charge in [-0.15, -0.1) is 0 Å². The Labute approximate surface area is 200 Å². The van der Waals surface area contributed by atoms with Crippen molar-refractivity contribution in [3.63, 3.8) is 0 Å². The van der Waals surface area contributed by atoms with E-state index in [0.717, 1.165) is 30.6 Å². The first-order chi connectivity index (χ1) is 16.6. The van der Waals surface area contributed by atoms with Crippen LogP contribution in [0.1, 0.15) is 41.9 Å². The maximum Gasteiger partial charge on any atom is 0.410 e. The Hall–Kier alpha value is -3.60. The van der Waals surface area contributed by atoms with Crippen LogP contribution in [0.2, 0.25) is 0 Å². The number of carbonyl (C=O) groups excluding carboxylic acids is 1. The predicted molar refractivity (Wildman–Crippen MR) is 135 cm³/mol. The molecule has 0 spiro atoms. The molecule has 34 heavy (non-hydrogen) atoms. The summed E-state index contributed by atoms with van der Waals surface area (Å²) in [4.78, 5) is 21.8. The van der Waals surface area contributed by atoms with Crippen LogP contribution in [-0.4, -0.2) is 48.8 Å². The van der Waals surface area contributed by atoms with E-state index in [9.17, 15) is 4.79 Å². The van der Waals surface area contributed by atoms with Crippen molar-refractivity contribution >= 4 is 17.5 Å². The first-order valence-electron chi connectivity index (χ1n) is 12.1. The Kier molecular flexibility index (Phi) is 5.13. The third-order valence-corrected chi connectivity index (χ3v) is 7.52. The molecule has 6 rings (SSSR count). The molecule has 172 valence electrons.